The van der Waals surface area contributed by atoms with Crippen molar-refractivity contribution in [1.29, 1.82) is 0 Å². The predicted octanol–water partition coefficient (Wildman–Crippen LogP) is 3.60. The summed E-state index contributed by atoms with van der Waals surface area (Å²) in [5.74, 6) is 0.659. The van der Waals surface area contributed by atoms with Gasteiger partial charge < -0.3 is 9.73 Å². The molecule has 2 aromatic rings. The van der Waals surface area contributed by atoms with E-state index in [-0.39, 0.29) is 11.8 Å². The van der Waals surface area contributed by atoms with Gasteiger partial charge in [0.15, 0.2) is 10.5 Å². The number of benzene rings is 1. The van der Waals surface area contributed by atoms with Crippen LogP contribution in [0.4, 0.5) is 0 Å². The number of halogens is 1. The molecule has 1 aromatic heterocycles. The maximum atomic E-state index is 11.8. The van der Waals surface area contributed by atoms with Gasteiger partial charge >= 0.3 is 0 Å². The summed E-state index contributed by atoms with van der Waals surface area (Å²) < 4.78 is 5.88. The minimum atomic E-state index is -0.472. The normalized spacial score (nSPS) is 16.9. The monoisotopic (exact) mass is 363 g/mol. The predicted molar refractivity (Wildman–Crippen MR) is 93.3 cm³/mol. The fourth-order valence-electron chi connectivity index (χ4n) is 2.24. The average molecular weight is 364 g/mol. The van der Waals surface area contributed by atoms with Crippen LogP contribution in [0.3, 0.4) is 0 Å². The number of thioether (sulfide) groups is 1. The summed E-state index contributed by atoms with van der Waals surface area (Å²) >= 11 is 7.43. The Bertz CT molecular complexity index is 833. The summed E-state index contributed by atoms with van der Waals surface area (Å²) in [6, 6.07) is 10.9. The standard InChI is InChI=1S/C16H14ClN3O3S/c1-9(21)18-16-19-20(10(2)22)15(24-16)14-8-7-13(23-14)11-5-3-4-6-12(11)17/h3-8,15H,1-2H3,(H,18,19,21)/t15-/m1/s1. The first kappa shape index (κ1) is 16.6. The molecule has 0 spiro atoms. The van der Waals surface area contributed by atoms with Crippen LogP contribution in [0, 0.1) is 0 Å². The SMILES string of the molecule is CC(=O)NC1=NN(C(C)=O)[C@@H](c2ccc(-c3ccccc3Cl)o2)S1. The van der Waals surface area contributed by atoms with Crippen LogP contribution in [0.25, 0.3) is 11.3 Å². The lowest BCUT2D eigenvalue weighted by molar-refractivity contribution is -0.129. The van der Waals surface area contributed by atoms with Crippen molar-refractivity contribution in [3.05, 3.63) is 47.2 Å². The molecule has 0 unspecified atom stereocenters. The van der Waals surface area contributed by atoms with Crippen LogP contribution in [0.5, 0.6) is 0 Å². The molecule has 2 heterocycles. The van der Waals surface area contributed by atoms with Gasteiger partial charge in [-0.25, -0.2) is 5.01 Å². The summed E-state index contributed by atoms with van der Waals surface area (Å²) in [4.78, 5) is 23.0. The molecule has 0 saturated heterocycles. The van der Waals surface area contributed by atoms with E-state index in [4.69, 9.17) is 16.0 Å². The summed E-state index contributed by atoms with van der Waals surface area (Å²) in [7, 11) is 0. The number of rotatable bonds is 2. The van der Waals surface area contributed by atoms with Crippen molar-refractivity contribution in [2.24, 2.45) is 5.10 Å². The molecule has 24 heavy (non-hydrogen) atoms. The molecule has 0 radical (unpaired) electrons. The highest BCUT2D eigenvalue weighted by atomic mass is 35.5. The van der Waals surface area contributed by atoms with Crippen LogP contribution >= 0.6 is 23.4 Å². The van der Waals surface area contributed by atoms with Crippen LogP contribution in [-0.4, -0.2) is 22.0 Å². The largest absolute Gasteiger partial charge is 0.458 e. The molecule has 1 aliphatic heterocycles. The van der Waals surface area contributed by atoms with Crippen molar-refractivity contribution < 1.29 is 14.0 Å². The van der Waals surface area contributed by atoms with Crippen LogP contribution in [-0.2, 0) is 9.59 Å². The Labute approximate surface area is 147 Å². The lowest BCUT2D eigenvalue weighted by Gasteiger charge is -2.16. The molecule has 6 nitrogen and oxygen atoms in total. The van der Waals surface area contributed by atoms with Gasteiger partial charge in [-0.15, -0.1) is 5.10 Å². The van der Waals surface area contributed by atoms with Crippen LogP contribution < -0.4 is 5.32 Å². The van der Waals surface area contributed by atoms with Crippen molar-refractivity contribution in [1.82, 2.24) is 10.3 Å². The Morgan fingerprint density at radius 2 is 2.00 bits per heavy atom. The van der Waals surface area contributed by atoms with Gasteiger partial charge in [-0.05, 0) is 24.3 Å². The maximum Gasteiger partial charge on any atom is 0.241 e. The molecule has 1 N–H and O–H groups in total. The summed E-state index contributed by atoms with van der Waals surface area (Å²) in [5.41, 5.74) is 0.769. The molecule has 1 atom stereocenters. The average Bonchev–Trinajstić information content (AvgIpc) is 3.13. The molecular weight excluding hydrogens is 350 g/mol. The van der Waals surface area contributed by atoms with Gasteiger partial charge in [0.2, 0.25) is 11.8 Å². The van der Waals surface area contributed by atoms with E-state index in [9.17, 15) is 9.59 Å². The van der Waals surface area contributed by atoms with Gasteiger partial charge in [-0.3, -0.25) is 9.59 Å². The smallest absolute Gasteiger partial charge is 0.241 e. The second-order valence-electron chi connectivity index (χ2n) is 5.10. The Hall–Kier alpha value is -2.25. The van der Waals surface area contributed by atoms with E-state index < -0.39 is 5.37 Å². The number of carbonyl (C=O) groups excluding carboxylic acids is 2. The molecule has 124 valence electrons. The van der Waals surface area contributed by atoms with Crippen molar-refractivity contribution >= 4 is 40.3 Å². The first-order valence-corrected chi connectivity index (χ1v) is 8.39. The van der Waals surface area contributed by atoms with Gasteiger partial charge in [0.25, 0.3) is 0 Å². The van der Waals surface area contributed by atoms with Crippen LogP contribution in [0.2, 0.25) is 5.02 Å². The highest BCUT2D eigenvalue weighted by molar-refractivity contribution is 8.14. The van der Waals surface area contributed by atoms with E-state index in [1.807, 2.05) is 18.2 Å². The highest BCUT2D eigenvalue weighted by Crippen LogP contribution is 2.41. The Balaban J connectivity index is 1.88. The molecule has 0 saturated carbocycles. The number of furan rings is 1. The zero-order valence-electron chi connectivity index (χ0n) is 12.9. The Morgan fingerprint density at radius 3 is 2.67 bits per heavy atom. The number of carbonyl (C=O) groups is 2. The van der Waals surface area contributed by atoms with Crippen molar-refractivity contribution in [2.45, 2.75) is 19.2 Å². The zero-order valence-corrected chi connectivity index (χ0v) is 14.5. The van der Waals surface area contributed by atoms with Gasteiger partial charge in [-0.2, -0.15) is 0 Å². The summed E-state index contributed by atoms with van der Waals surface area (Å²) in [5, 5.41) is 8.47. The Morgan fingerprint density at radius 1 is 1.25 bits per heavy atom. The van der Waals surface area contributed by atoms with E-state index in [0.29, 0.717) is 21.7 Å². The number of hydrogen-bond acceptors (Lipinski definition) is 5. The van der Waals surface area contributed by atoms with Gasteiger partial charge in [-0.1, -0.05) is 35.5 Å². The number of hydrazone groups is 1. The minimum absolute atomic E-state index is 0.247. The van der Waals surface area contributed by atoms with Gasteiger partial charge in [0, 0.05) is 19.4 Å². The number of nitrogens with one attached hydrogen (secondary N) is 1. The van der Waals surface area contributed by atoms with Crippen molar-refractivity contribution in [3.8, 4) is 11.3 Å². The van der Waals surface area contributed by atoms with E-state index in [1.54, 1.807) is 18.2 Å². The topological polar surface area (TPSA) is 74.9 Å². The lowest BCUT2D eigenvalue weighted by Crippen LogP contribution is -2.25. The Kier molecular flexibility index (Phi) is 4.64. The molecule has 0 bridgehead atoms. The fraction of sp³-hybridized carbons (Fsp3) is 0.188. The second-order valence-corrected chi connectivity index (χ2v) is 6.58. The number of nitrogens with zero attached hydrogens (tertiary/aromatic N) is 2. The first-order chi connectivity index (χ1) is 11.5. The molecule has 1 aromatic carbocycles. The lowest BCUT2D eigenvalue weighted by atomic mass is 10.2. The summed E-state index contributed by atoms with van der Waals surface area (Å²) in [6.45, 7) is 2.79. The fourth-order valence-corrected chi connectivity index (χ4v) is 3.56. The first-order valence-electron chi connectivity index (χ1n) is 7.13. The summed E-state index contributed by atoms with van der Waals surface area (Å²) in [6.07, 6.45) is 0. The second kappa shape index (κ2) is 6.70. The number of amides is 2. The highest BCUT2D eigenvalue weighted by Gasteiger charge is 2.34. The zero-order chi connectivity index (χ0) is 17.3. The van der Waals surface area contributed by atoms with Crippen LogP contribution in [0.1, 0.15) is 25.0 Å². The van der Waals surface area contributed by atoms with E-state index in [1.165, 1.54) is 30.6 Å². The van der Waals surface area contributed by atoms with Crippen molar-refractivity contribution in [2.75, 3.05) is 0 Å². The van der Waals surface area contributed by atoms with Gasteiger partial charge in [0.05, 0.1) is 5.02 Å². The minimum Gasteiger partial charge on any atom is -0.458 e. The van der Waals surface area contributed by atoms with Gasteiger partial charge in [0.1, 0.15) is 11.5 Å². The van der Waals surface area contributed by atoms with E-state index in [2.05, 4.69) is 10.4 Å². The molecule has 3 rings (SSSR count). The molecule has 0 fully saturated rings. The third kappa shape index (κ3) is 3.32. The quantitative estimate of drug-likeness (QED) is 0.884. The molecule has 8 heteroatoms. The number of amidine groups is 1. The van der Waals surface area contributed by atoms with Crippen molar-refractivity contribution in [3.63, 3.8) is 0 Å². The van der Waals surface area contributed by atoms with E-state index in [0.717, 1.165) is 5.56 Å². The third-order valence-corrected chi connectivity index (χ3v) is 4.65. The number of hydrogen-bond donors (Lipinski definition) is 1. The molecule has 1 aliphatic rings. The molecular formula is C16H14ClN3O3S. The van der Waals surface area contributed by atoms with Crippen LogP contribution in [0.15, 0.2) is 45.9 Å². The molecule has 2 amide bonds. The molecule has 0 aliphatic carbocycles. The maximum absolute atomic E-state index is 11.8. The van der Waals surface area contributed by atoms with E-state index >= 15 is 0 Å². The third-order valence-electron chi connectivity index (χ3n) is 3.26.